The maximum Gasteiger partial charge on any atom is 0.234 e. The number of benzene rings is 2. The summed E-state index contributed by atoms with van der Waals surface area (Å²) < 4.78 is 26.5. The van der Waals surface area contributed by atoms with Gasteiger partial charge in [0.25, 0.3) is 0 Å². The Hall–Kier alpha value is -2.41. The minimum absolute atomic E-state index is 0.0375. The van der Waals surface area contributed by atoms with Gasteiger partial charge >= 0.3 is 0 Å². The Kier molecular flexibility index (Phi) is 4.06. The summed E-state index contributed by atoms with van der Waals surface area (Å²) >= 11 is 1.19. The van der Waals surface area contributed by atoms with Gasteiger partial charge in [-0.3, -0.25) is 4.79 Å². The van der Waals surface area contributed by atoms with Crippen molar-refractivity contribution >= 4 is 34.4 Å². The van der Waals surface area contributed by atoms with E-state index in [0.29, 0.717) is 5.16 Å². The molecule has 0 bridgehead atoms. The summed E-state index contributed by atoms with van der Waals surface area (Å²) in [4.78, 5) is 19.2. The van der Waals surface area contributed by atoms with Crippen molar-refractivity contribution in [2.24, 2.45) is 0 Å². The average molecular weight is 319 g/mol. The number of fused-ring (bicyclic) bond motifs is 1. The lowest BCUT2D eigenvalue weighted by Crippen LogP contribution is -2.15. The van der Waals surface area contributed by atoms with Gasteiger partial charge in [0.15, 0.2) is 5.16 Å². The Morgan fingerprint density at radius 2 is 2.05 bits per heavy atom. The van der Waals surface area contributed by atoms with Gasteiger partial charge in [0.1, 0.15) is 11.6 Å². The van der Waals surface area contributed by atoms with Gasteiger partial charge in [0.05, 0.1) is 22.5 Å². The minimum atomic E-state index is -0.677. The first-order valence-electron chi connectivity index (χ1n) is 6.44. The summed E-state index contributed by atoms with van der Waals surface area (Å²) in [5, 5.41) is 2.93. The number of nitrogens with one attached hydrogen (secondary N) is 2. The zero-order valence-corrected chi connectivity index (χ0v) is 12.1. The second-order valence-electron chi connectivity index (χ2n) is 4.52. The molecule has 0 aliphatic heterocycles. The van der Waals surface area contributed by atoms with Crippen LogP contribution in [-0.2, 0) is 4.79 Å². The number of para-hydroxylation sites is 2. The second-order valence-corrected chi connectivity index (χ2v) is 5.48. The third-order valence-electron chi connectivity index (χ3n) is 2.91. The monoisotopic (exact) mass is 319 g/mol. The van der Waals surface area contributed by atoms with Gasteiger partial charge in [0, 0.05) is 6.07 Å². The fraction of sp³-hybridized carbons (Fsp3) is 0.0667. The third-order valence-corrected chi connectivity index (χ3v) is 3.78. The number of carbonyl (C=O) groups excluding carboxylic acids is 1. The van der Waals surface area contributed by atoms with Crippen LogP contribution in [0.25, 0.3) is 11.0 Å². The molecule has 22 heavy (non-hydrogen) atoms. The molecule has 7 heteroatoms. The lowest BCUT2D eigenvalue weighted by Gasteiger charge is -2.05. The molecule has 0 fully saturated rings. The van der Waals surface area contributed by atoms with Crippen molar-refractivity contribution in [3.63, 3.8) is 0 Å². The van der Waals surface area contributed by atoms with E-state index in [1.54, 1.807) is 0 Å². The minimum Gasteiger partial charge on any atom is -0.333 e. The molecule has 0 aliphatic rings. The molecule has 0 radical (unpaired) electrons. The quantitative estimate of drug-likeness (QED) is 0.723. The van der Waals surface area contributed by atoms with E-state index in [1.165, 1.54) is 11.8 Å². The first kappa shape index (κ1) is 14.5. The summed E-state index contributed by atoms with van der Waals surface area (Å²) in [6.45, 7) is 0. The molecule has 0 spiro atoms. The predicted molar refractivity (Wildman–Crippen MR) is 81.8 cm³/mol. The van der Waals surface area contributed by atoms with Crippen molar-refractivity contribution in [3.05, 3.63) is 54.1 Å². The van der Waals surface area contributed by atoms with Crippen LogP contribution in [0.3, 0.4) is 0 Å². The Labute approximate surface area is 128 Å². The topological polar surface area (TPSA) is 57.8 Å². The van der Waals surface area contributed by atoms with Crippen LogP contribution in [0, 0.1) is 11.6 Å². The molecule has 4 nitrogen and oxygen atoms in total. The molecule has 0 saturated carbocycles. The molecule has 1 amide bonds. The zero-order chi connectivity index (χ0) is 15.5. The van der Waals surface area contributed by atoms with Crippen LogP contribution in [0.1, 0.15) is 0 Å². The number of rotatable bonds is 4. The first-order valence-corrected chi connectivity index (χ1v) is 7.43. The number of hydrogen-bond donors (Lipinski definition) is 2. The van der Waals surface area contributed by atoms with E-state index in [2.05, 4.69) is 15.3 Å². The zero-order valence-electron chi connectivity index (χ0n) is 11.3. The Balaban J connectivity index is 1.63. The van der Waals surface area contributed by atoms with Crippen LogP contribution in [-0.4, -0.2) is 21.6 Å². The van der Waals surface area contributed by atoms with E-state index in [9.17, 15) is 13.6 Å². The third kappa shape index (κ3) is 3.25. The fourth-order valence-corrected chi connectivity index (χ4v) is 2.60. The molecule has 0 aliphatic carbocycles. The number of aromatic nitrogens is 2. The highest BCUT2D eigenvalue weighted by molar-refractivity contribution is 7.99. The number of amides is 1. The van der Waals surface area contributed by atoms with Crippen molar-refractivity contribution in [3.8, 4) is 0 Å². The summed E-state index contributed by atoms with van der Waals surface area (Å²) in [6, 6.07) is 10.4. The number of H-pyrrole nitrogens is 1. The van der Waals surface area contributed by atoms with Crippen LogP contribution in [0.15, 0.2) is 47.6 Å². The molecular formula is C15H11F2N3OS. The lowest BCUT2D eigenvalue weighted by molar-refractivity contribution is -0.113. The van der Waals surface area contributed by atoms with Crippen molar-refractivity contribution in [1.82, 2.24) is 9.97 Å². The van der Waals surface area contributed by atoms with Crippen LogP contribution >= 0.6 is 11.8 Å². The molecular weight excluding hydrogens is 308 g/mol. The number of nitrogens with zero attached hydrogens (tertiary/aromatic N) is 1. The van der Waals surface area contributed by atoms with Gasteiger partial charge in [-0.05, 0) is 24.3 Å². The summed E-state index contributed by atoms with van der Waals surface area (Å²) in [5.74, 6) is -1.68. The number of hydrogen-bond acceptors (Lipinski definition) is 3. The van der Waals surface area contributed by atoms with Gasteiger partial charge in [-0.2, -0.15) is 0 Å². The van der Waals surface area contributed by atoms with Crippen molar-refractivity contribution in [2.75, 3.05) is 11.1 Å². The van der Waals surface area contributed by atoms with Gasteiger partial charge in [-0.25, -0.2) is 13.8 Å². The highest BCUT2D eigenvalue weighted by atomic mass is 32.2. The van der Waals surface area contributed by atoms with Crippen LogP contribution in [0.2, 0.25) is 0 Å². The maximum absolute atomic E-state index is 13.4. The summed E-state index contributed by atoms with van der Waals surface area (Å²) in [6.07, 6.45) is 0. The molecule has 0 unspecified atom stereocenters. The molecule has 0 saturated heterocycles. The standard InChI is InChI=1S/C15H11F2N3OS/c16-9-5-6-10(17)13(7-9)18-14(21)8-22-15-19-11-3-1-2-4-12(11)20-15/h1-7H,8H2,(H,18,21)(H,19,20). The molecule has 112 valence electrons. The van der Waals surface area contributed by atoms with E-state index in [4.69, 9.17) is 0 Å². The molecule has 2 N–H and O–H groups in total. The van der Waals surface area contributed by atoms with E-state index in [0.717, 1.165) is 29.2 Å². The number of thioether (sulfide) groups is 1. The van der Waals surface area contributed by atoms with E-state index in [-0.39, 0.29) is 11.4 Å². The van der Waals surface area contributed by atoms with E-state index in [1.807, 2.05) is 24.3 Å². The Morgan fingerprint density at radius 3 is 2.86 bits per heavy atom. The number of aromatic amines is 1. The highest BCUT2D eigenvalue weighted by Gasteiger charge is 2.10. The Bertz CT molecular complexity index is 802. The van der Waals surface area contributed by atoms with Crippen molar-refractivity contribution in [2.45, 2.75) is 5.16 Å². The maximum atomic E-state index is 13.4. The van der Waals surface area contributed by atoms with Crippen molar-refractivity contribution < 1.29 is 13.6 Å². The van der Waals surface area contributed by atoms with Crippen LogP contribution in [0.4, 0.5) is 14.5 Å². The molecule has 2 aromatic carbocycles. The number of anilines is 1. The number of imidazole rings is 1. The predicted octanol–water partition coefficient (Wildman–Crippen LogP) is 3.57. The molecule has 1 aromatic heterocycles. The molecule has 3 aromatic rings. The highest BCUT2D eigenvalue weighted by Crippen LogP contribution is 2.20. The SMILES string of the molecule is O=C(CSc1nc2ccccc2[nH]1)Nc1cc(F)ccc1F. The van der Waals surface area contributed by atoms with E-state index < -0.39 is 17.5 Å². The van der Waals surface area contributed by atoms with Crippen molar-refractivity contribution in [1.29, 1.82) is 0 Å². The van der Waals surface area contributed by atoms with Crippen LogP contribution in [0.5, 0.6) is 0 Å². The smallest absolute Gasteiger partial charge is 0.234 e. The Morgan fingerprint density at radius 1 is 1.23 bits per heavy atom. The number of carbonyl (C=O) groups is 1. The fourth-order valence-electron chi connectivity index (χ4n) is 1.91. The second kappa shape index (κ2) is 6.15. The molecule has 0 atom stereocenters. The first-order chi connectivity index (χ1) is 10.6. The van der Waals surface area contributed by atoms with Gasteiger partial charge in [-0.1, -0.05) is 23.9 Å². The van der Waals surface area contributed by atoms with Crippen LogP contribution < -0.4 is 5.32 Å². The lowest BCUT2D eigenvalue weighted by atomic mass is 10.3. The van der Waals surface area contributed by atoms with Gasteiger partial charge in [-0.15, -0.1) is 0 Å². The largest absolute Gasteiger partial charge is 0.333 e. The summed E-state index contributed by atoms with van der Waals surface area (Å²) in [7, 11) is 0. The molecule has 3 rings (SSSR count). The molecule has 1 heterocycles. The van der Waals surface area contributed by atoms with Gasteiger partial charge < -0.3 is 10.3 Å². The van der Waals surface area contributed by atoms with E-state index >= 15 is 0 Å². The average Bonchev–Trinajstić information content (AvgIpc) is 2.92. The van der Waals surface area contributed by atoms with Gasteiger partial charge in [0.2, 0.25) is 5.91 Å². The normalized spacial score (nSPS) is 10.8. The number of halogens is 2. The summed E-state index contributed by atoms with van der Waals surface area (Å²) in [5.41, 5.74) is 1.51.